The van der Waals surface area contributed by atoms with Crippen molar-refractivity contribution in [3.63, 3.8) is 0 Å². The van der Waals surface area contributed by atoms with Crippen LogP contribution in [0.25, 0.3) is 6.08 Å². The summed E-state index contributed by atoms with van der Waals surface area (Å²) in [6.45, 7) is 0.316. The van der Waals surface area contributed by atoms with Gasteiger partial charge in [0.05, 0.1) is 24.1 Å². The number of carbonyl (C=O) groups excluding carboxylic acids is 3. The zero-order valence-electron chi connectivity index (χ0n) is 18.3. The van der Waals surface area contributed by atoms with Gasteiger partial charge < -0.3 is 14.2 Å². The molecule has 34 heavy (non-hydrogen) atoms. The summed E-state index contributed by atoms with van der Waals surface area (Å²) >= 11 is 0.840. The van der Waals surface area contributed by atoms with E-state index in [0.29, 0.717) is 22.6 Å². The van der Waals surface area contributed by atoms with Crippen molar-refractivity contribution >= 4 is 35.0 Å². The third-order valence-electron chi connectivity index (χ3n) is 4.93. The van der Waals surface area contributed by atoms with Crippen molar-refractivity contribution in [3.8, 4) is 17.2 Å². The highest BCUT2D eigenvalue weighted by atomic mass is 32.2. The Morgan fingerprint density at radius 3 is 2.35 bits per heavy atom. The van der Waals surface area contributed by atoms with E-state index in [9.17, 15) is 14.4 Å². The Morgan fingerprint density at radius 2 is 1.62 bits per heavy atom. The number of ether oxygens (including phenoxy) is 3. The van der Waals surface area contributed by atoms with Gasteiger partial charge in [-0.05, 0) is 60.3 Å². The molecule has 0 aromatic heterocycles. The van der Waals surface area contributed by atoms with E-state index in [-0.39, 0.29) is 29.0 Å². The molecule has 3 aromatic carbocycles. The molecular weight excluding hydrogens is 454 g/mol. The standard InChI is InChI=1S/C26H21NO6S/c1-31-20-13-11-18(12-14-20)25(29)33-22-10-6-5-7-19(22)17-23-24(28)27(26(30)34-23)15-16-32-21-8-3-2-4-9-21/h2-14,17H,15-16H2,1H3/b23-17-. The van der Waals surface area contributed by atoms with Crippen molar-refractivity contribution in [2.24, 2.45) is 0 Å². The molecule has 1 saturated heterocycles. The molecule has 0 aliphatic carbocycles. The monoisotopic (exact) mass is 475 g/mol. The zero-order chi connectivity index (χ0) is 23.9. The summed E-state index contributed by atoms with van der Waals surface area (Å²) in [6.07, 6.45) is 1.56. The number of hydrogen-bond acceptors (Lipinski definition) is 7. The fraction of sp³-hybridized carbons (Fsp3) is 0.115. The molecule has 0 radical (unpaired) electrons. The number of rotatable bonds is 8. The Balaban J connectivity index is 1.44. The second-order valence-corrected chi connectivity index (χ2v) is 8.14. The summed E-state index contributed by atoms with van der Waals surface area (Å²) < 4.78 is 16.3. The molecule has 0 N–H and O–H groups in total. The summed E-state index contributed by atoms with van der Waals surface area (Å²) in [5.41, 5.74) is 0.866. The highest BCUT2D eigenvalue weighted by molar-refractivity contribution is 8.18. The number of amides is 2. The Labute approximate surface area is 200 Å². The lowest BCUT2D eigenvalue weighted by Gasteiger charge is -2.13. The second-order valence-electron chi connectivity index (χ2n) is 7.15. The summed E-state index contributed by atoms with van der Waals surface area (Å²) in [7, 11) is 1.54. The maximum Gasteiger partial charge on any atom is 0.343 e. The van der Waals surface area contributed by atoms with E-state index in [1.54, 1.807) is 73.8 Å². The van der Waals surface area contributed by atoms with Gasteiger partial charge in [0, 0.05) is 5.56 Å². The number of nitrogens with zero attached hydrogens (tertiary/aromatic N) is 1. The van der Waals surface area contributed by atoms with Crippen molar-refractivity contribution in [3.05, 3.63) is 94.9 Å². The summed E-state index contributed by atoms with van der Waals surface area (Å²) in [5, 5.41) is -0.374. The first-order valence-electron chi connectivity index (χ1n) is 10.4. The van der Waals surface area contributed by atoms with E-state index in [2.05, 4.69) is 0 Å². The van der Waals surface area contributed by atoms with Gasteiger partial charge in [-0.25, -0.2) is 4.79 Å². The average molecular weight is 476 g/mol. The van der Waals surface area contributed by atoms with Crippen LogP contribution in [0.15, 0.2) is 83.8 Å². The fourth-order valence-corrected chi connectivity index (χ4v) is 4.04. The maximum atomic E-state index is 12.8. The SMILES string of the molecule is COc1ccc(C(=O)Oc2ccccc2/C=C2\SC(=O)N(CCOc3ccccc3)C2=O)cc1. The lowest BCUT2D eigenvalue weighted by Crippen LogP contribution is -2.32. The van der Waals surface area contributed by atoms with Gasteiger partial charge in [0.25, 0.3) is 11.1 Å². The van der Waals surface area contributed by atoms with E-state index in [4.69, 9.17) is 14.2 Å². The second kappa shape index (κ2) is 10.7. The average Bonchev–Trinajstić information content (AvgIpc) is 3.13. The number of thioether (sulfide) groups is 1. The van der Waals surface area contributed by atoms with Crippen LogP contribution in [0.4, 0.5) is 4.79 Å². The van der Waals surface area contributed by atoms with E-state index < -0.39 is 11.9 Å². The molecule has 1 aliphatic rings. The summed E-state index contributed by atoms with van der Waals surface area (Å²) in [6, 6.07) is 22.5. The first-order chi connectivity index (χ1) is 16.5. The van der Waals surface area contributed by atoms with Crippen LogP contribution in [0.5, 0.6) is 17.2 Å². The fourth-order valence-electron chi connectivity index (χ4n) is 3.18. The Kier molecular flexibility index (Phi) is 7.29. The van der Waals surface area contributed by atoms with Gasteiger partial charge in [0.2, 0.25) is 0 Å². The Hall–Kier alpha value is -4.04. The van der Waals surface area contributed by atoms with Gasteiger partial charge in [-0.2, -0.15) is 0 Å². The van der Waals surface area contributed by atoms with Gasteiger partial charge in [0.1, 0.15) is 23.9 Å². The van der Waals surface area contributed by atoms with E-state index in [0.717, 1.165) is 16.7 Å². The molecule has 172 valence electrons. The third kappa shape index (κ3) is 5.47. The van der Waals surface area contributed by atoms with Gasteiger partial charge in [-0.3, -0.25) is 14.5 Å². The van der Waals surface area contributed by atoms with Crippen molar-refractivity contribution in [1.82, 2.24) is 4.90 Å². The van der Waals surface area contributed by atoms with Crippen LogP contribution in [0, 0.1) is 0 Å². The molecule has 1 aliphatic heterocycles. The first-order valence-corrected chi connectivity index (χ1v) is 11.3. The molecule has 0 spiro atoms. The zero-order valence-corrected chi connectivity index (χ0v) is 19.1. The minimum atomic E-state index is -0.547. The Morgan fingerprint density at radius 1 is 0.912 bits per heavy atom. The molecule has 0 saturated carbocycles. The number of methoxy groups -OCH3 is 1. The minimum Gasteiger partial charge on any atom is -0.497 e. The van der Waals surface area contributed by atoms with Crippen LogP contribution in [0.2, 0.25) is 0 Å². The van der Waals surface area contributed by atoms with Gasteiger partial charge in [-0.15, -0.1) is 0 Å². The quantitative estimate of drug-likeness (QED) is 0.257. The highest BCUT2D eigenvalue weighted by Gasteiger charge is 2.35. The van der Waals surface area contributed by atoms with Crippen LogP contribution >= 0.6 is 11.8 Å². The number of hydrogen-bond donors (Lipinski definition) is 0. The van der Waals surface area contributed by atoms with Crippen LogP contribution in [0.3, 0.4) is 0 Å². The minimum absolute atomic E-state index is 0.130. The first kappa shape index (κ1) is 23.1. The maximum absolute atomic E-state index is 12.8. The topological polar surface area (TPSA) is 82.1 Å². The molecule has 1 heterocycles. The van der Waals surface area contributed by atoms with E-state index >= 15 is 0 Å². The van der Waals surface area contributed by atoms with Crippen molar-refractivity contribution < 1.29 is 28.6 Å². The Bertz CT molecular complexity index is 1220. The third-order valence-corrected chi connectivity index (χ3v) is 5.84. The number of carbonyl (C=O) groups is 3. The molecule has 0 atom stereocenters. The normalized spacial score (nSPS) is 14.4. The van der Waals surface area contributed by atoms with E-state index in [1.165, 1.54) is 0 Å². The molecule has 3 aromatic rings. The largest absolute Gasteiger partial charge is 0.497 e. The lowest BCUT2D eigenvalue weighted by atomic mass is 10.1. The van der Waals surface area contributed by atoms with Crippen LogP contribution in [0.1, 0.15) is 15.9 Å². The van der Waals surface area contributed by atoms with Crippen molar-refractivity contribution in [2.75, 3.05) is 20.3 Å². The number of benzene rings is 3. The summed E-state index contributed by atoms with van der Waals surface area (Å²) in [4.78, 5) is 39.2. The number of para-hydroxylation sites is 2. The van der Waals surface area contributed by atoms with Crippen LogP contribution in [-0.4, -0.2) is 42.3 Å². The van der Waals surface area contributed by atoms with Gasteiger partial charge in [-0.1, -0.05) is 36.4 Å². The van der Waals surface area contributed by atoms with Crippen molar-refractivity contribution in [1.29, 1.82) is 0 Å². The van der Waals surface area contributed by atoms with Gasteiger partial charge >= 0.3 is 5.97 Å². The van der Waals surface area contributed by atoms with Crippen LogP contribution < -0.4 is 14.2 Å². The van der Waals surface area contributed by atoms with Gasteiger partial charge in [0.15, 0.2) is 0 Å². The van der Waals surface area contributed by atoms with Crippen LogP contribution in [-0.2, 0) is 4.79 Å². The predicted molar refractivity (Wildman–Crippen MR) is 129 cm³/mol. The molecule has 8 heteroatoms. The molecule has 0 bridgehead atoms. The van der Waals surface area contributed by atoms with E-state index in [1.807, 2.05) is 18.2 Å². The molecule has 4 rings (SSSR count). The molecule has 0 unspecified atom stereocenters. The molecule has 1 fully saturated rings. The molecule has 7 nitrogen and oxygen atoms in total. The lowest BCUT2D eigenvalue weighted by molar-refractivity contribution is -0.123. The highest BCUT2D eigenvalue weighted by Crippen LogP contribution is 2.34. The predicted octanol–water partition coefficient (Wildman–Crippen LogP) is 5.03. The van der Waals surface area contributed by atoms with Crippen molar-refractivity contribution in [2.45, 2.75) is 0 Å². The number of esters is 1. The molecule has 2 amide bonds. The summed E-state index contributed by atoms with van der Waals surface area (Å²) in [5.74, 6) is 0.611. The molecular formula is C26H21NO6S. The smallest absolute Gasteiger partial charge is 0.343 e. The number of imide groups is 1.